The van der Waals surface area contributed by atoms with E-state index < -0.39 is 12.3 Å². The second kappa shape index (κ2) is 7.86. The van der Waals surface area contributed by atoms with Crippen LogP contribution >= 0.6 is 0 Å². The minimum Gasteiger partial charge on any atom is -0.396 e. The van der Waals surface area contributed by atoms with Crippen LogP contribution in [-0.2, 0) is 6.54 Å². The summed E-state index contributed by atoms with van der Waals surface area (Å²) >= 11 is 0. The Morgan fingerprint density at radius 1 is 1.43 bits per heavy atom. The highest BCUT2D eigenvalue weighted by molar-refractivity contribution is 5.94. The van der Waals surface area contributed by atoms with Crippen molar-refractivity contribution in [1.29, 1.82) is 0 Å². The number of hydrogen-bond donors (Lipinski definition) is 2. The molecule has 0 spiro atoms. The molecule has 1 aliphatic carbocycles. The number of hydrogen-bond acceptors (Lipinski definition) is 3. The Bertz CT molecular complexity index is 531. The van der Waals surface area contributed by atoms with Gasteiger partial charge in [-0.05, 0) is 18.8 Å². The van der Waals surface area contributed by atoms with E-state index in [4.69, 9.17) is 0 Å². The van der Waals surface area contributed by atoms with Gasteiger partial charge in [0.2, 0.25) is 0 Å². The van der Waals surface area contributed by atoms with E-state index in [1.54, 1.807) is 0 Å². The summed E-state index contributed by atoms with van der Waals surface area (Å²) in [5.41, 5.74) is -0.539. The van der Waals surface area contributed by atoms with Crippen LogP contribution in [0.2, 0.25) is 0 Å². The number of nitrogens with one attached hydrogen (secondary N) is 1. The second-order valence-corrected chi connectivity index (χ2v) is 6.66. The van der Waals surface area contributed by atoms with Crippen LogP contribution in [0.4, 0.5) is 8.78 Å². The van der Waals surface area contributed by atoms with Crippen molar-refractivity contribution in [1.82, 2.24) is 15.1 Å². The standard InChI is InChI=1S/C16H25F2N3O2/c1-10(2)7-21-8-12(15(17)18)14(20-21)16(23)19-13-6-4-3-5-11(13)9-22/h8,10-11,13,15,22H,3-7,9H2,1-2H3,(H,19,23). The maximum atomic E-state index is 13.2. The molecule has 1 heterocycles. The summed E-state index contributed by atoms with van der Waals surface area (Å²) in [5.74, 6) is -0.345. The van der Waals surface area contributed by atoms with Gasteiger partial charge in [0.15, 0.2) is 5.69 Å². The molecule has 7 heteroatoms. The molecule has 1 aliphatic rings. The van der Waals surface area contributed by atoms with Crippen molar-refractivity contribution in [2.45, 2.75) is 58.5 Å². The van der Waals surface area contributed by atoms with E-state index in [1.165, 1.54) is 10.9 Å². The predicted octanol–water partition coefficient (Wildman–Crippen LogP) is 2.76. The quantitative estimate of drug-likeness (QED) is 0.843. The Kier molecular flexibility index (Phi) is 6.10. The lowest BCUT2D eigenvalue weighted by Gasteiger charge is -2.30. The molecular weight excluding hydrogens is 304 g/mol. The summed E-state index contributed by atoms with van der Waals surface area (Å²) in [5, 5.41) is 16.2. The summed E-state index contributed by atoms with van der Waals surface area (Å²) in [6.07, 6.45) is 2.09. The number of carbonyl (C=O) groups excluding carboxylic acids is 1. The topological polar surface area (TPSA) is 67.2 Å². The first-order valence-corrected chi connectivity index (χ1v) is 8.19. The Morgan fingerprint density at radius 3 is 2.74 bits per heavy atom. The molecule has 2 unspecified atom stereocenters. The molecule has 1 aromatic rings. The first kappa shape index (κ1) is 17.8. The van der Waals surface area contributed by atoms with Crippen LogP contribution in [0.1, 0.15) is 62.0 Å². The Morgan fingerprint density at radius 2 is 2.13 bits per heavy atom. The molecule has 0 aliphatic heterocycles. The van der Waals surface area contributed by atoms with E-state index in [9.17, 15) is 18.7 Å². The predicted molar refractivity (Wildman–Crippen MR) is 82.3 cm³/mol. The third-order valence-electron chi connectivity index (χ3n) is 4.25. The van der Waals surface area contributed by atoms with Crippen LogP contribution < -0.4 is 5.32 Å². The molecule has 1 fully saturated rings. The molecule has 1 amide bonds. The van der Waals surface area contributed by atoms with E-state index in [-0.39, 0.29) is 35.7 Å². The number of aliphatic hydroxyl groups excluding tert-OH is 1. The lowest BCUT2D eigenvalue weighted by molar-refractivity contribution is 0.0855. The largest absolute Gasteiger partial charge is 0.396 e. The highest BCUT2D eigenvalue weighted by Crippen LogP contribution is 2.26. The zero-order valence-electron chi connectivity index (χ0n) is 13.6. The Labute approximate surface area is 135 Å². The fourth-order valence-corrected chi connectivity index (χ4v) is 3.09. The van der Waals surface area contributed by atoms with Gasteiger partial charge in [-0.3, -0.25) is 9.48 Å². The summed E-state index contributed by atoms with van der Waals surface area (Å²) in [7, 11) is 0. The number of aliphatic hydroxyl groups is 1. The fraction of sp³-hybridized carbons (Fsp3) is 0.750. The van der Waals surface area contributed by atoms with E-state index in [2.05, 4.69) is 10.4 Å². The average molecular weight is 329 g/mol. The fourth-order valence-electron chi connectivity index (χ4n) is 3.09. The van der Waals surface area contributed by atoms with E-state index in [1.807, 2.05) is 13.8 Å². The molecule has 130 valence electrons. The average Bonchev–Trinajstić information content (AvgIpc) is 2.91. The number of nitrogens with zero attached hydrogens (tertiary/aromatic N) is 2. The summed E-state index contributed by atoms with van der Waals surface area (Å²) in [6.45, 7) is 4.39. The first-order chi connectivity index (χ1) is 10.9. The lowest BCUT2D eigenvalue weighted by Crippen LogP contribution is -2.43. The minimum atomic E-state index is -2.74. The van der Waals surface area contributed by atoms with Gasteiger partial charge >= 0.3 is 0 Å². The smallest absolute Gasteiger partial charge is 0.272 e. The molecule has 0 radical (unpaired) electrons. The van der Waals surface area contributed by atoms with Crippen LogP contribution in [0.5, 0.6) is 0 Å². The maximum Gasteiger partial charge on any atom is 0.272 e. The van der Waals surface area contributed by atoms with Crippen LogP contribution in [-0.4, -0.2) is 33.4 Å². The van der Waals surface area contributed by atoms with Crippen molar-refractivity contribution in [2.75, 3.05) is 6.61 Å². The number of rotatable bonds is 6. The van der Waals surface area contributed by atoms with Crippen LogP contribution in [0.3, 0.4) is 0 Å². The van der Waals surface area contributed by atoms with E-state index >= 15 is 0 Å². The minimum absolute atomic E-state index is 0.00551. The van der Waals surface area contributed by atoms with Crippen LogP contribution in [0.25, 0.3) is 0 Å². The van der Waals surface area contributed by atoms with Gasteiger partial charge in [0.05, 0.1) is 5.56 Å². The third kappa shape index (κ3) is 4.50. The van der Waals surface area contributed by atoms with Crippen LogP contribution in [0.15, 0.2) is 6.20 Å². The summed E-state index contributed by atoms with van der Waals surface area (Å²) < 4.78 is 27.8. The van der Waals surface area contributed by atoms with Gasteiger partial charge in [0.25, 0.3) is 12.3 Å². The number of amides is 1. The van der Waals surface area contributed by atoms with Crippen molar-refractivity contribution in [3.8, 4) is 0 Å². The summed E-state index contributed by atoms with van der Waals surface area (Å²) in [4.78, 5) is 12.4. The number of alkyl halides is 2. The highest BCUT2D eigenvalue weighted by atomic mass is 19.3. The second-order valence-electron chi connectivity index (χ2n) is 6.66. The number of aromatic nitrogens is 2. The maximum absolute atomic E-state index is 13.2. The molecule has 2 rings (SSSR count). The van der Waals surface area contributed by atoms with E-state index in [0.717, 1.165) is 25.7 Å². The molecule has 2 atom stereocenters. The lowest BCUT2D eigenvalue weighted by atomic mass is 9.85. The molecular formula is C16H25F2N3O2. The first-order valence-electron chi connectivity index (χ1n) is 8.19. The van der Waals surface area contributed by atoms with Crippen molar-refractivity contribution < 1.29 is 18.7 Å². The normalized spacial score (nSPS) is 21.9. The molecule has 1 saturated carbocycles. The molecule has 23 heavy (non-hydrogen) atoms. The summed E-state index contributed by atoms with van der Waals surface area (Å²) in [6, 6.07) is -0.179. The van der Waals surface area contributed by atoms with Gasteiger partial charge in [0, 0.05) is 31.3 Å². The van der Waals surface area contributed by atoms with Crippen molar-refractivity contribution in [2.24, 2.45) is 11.8 Å². The SMILES string of the molecule is CC(C)Cn1cc(C(F)F)c(C(=O)NC2CCCCC2CO)n1. The zero-order chi connectivity index (χ0) is 17.0. The zero-order valence-corrected chi connectivity index (χ0v) is 13.6. The molecule has 5 nitrogen and oxygen atoms in total. The molecule has 1 aromatic heterocycles. The molecule has 0 aromatic carbocycles. The van der Waals surface area contributed by atoms with Gasteiger partial charge in [-0.25, -0.2) is 8.78 Å². The molecule has 2 N–H and O–H groups in total. The number of halogens is 2. The van der Waals surface area contributed by atoms with Gasteiger partial charge in [-0.1, -0.05) is 26.7 Å². The molecule has 0 bridgehead atoms. The van der Waals surface area contributed by atoms with Crippen LogP contribution in [0, 0.1) is 11.8 Å². The van der Waals surface area contributed by atoms with Gasteiger partial charge in [-0.15, -0.1) is 0 Å². The monoisotopic (exact) mass is 329 g/mol. The highest BCUT2D eigenvalue weighted by Gasteiger charge is 2.29. The van der Waals surface area contributed by atoms with Crippen molar-refractivity contribution in [3.05, 3.63) is 17.5 Å². The Balaban J connectivity index is 2.15. The molecule has 0 saturated heterocycles. The van der Waals surface area contributed by atoms with Crippen molar-refractivity contribution in [3.63, 3.8) is 0 Å². The number of carbonyl (C=O) groups is 1. The van der Waals surface area contributed by atoms with Gasteiger partial charge in [0.1, 0.15) is 0 Å². The van der Waals surface area contributed by atoms with Gasteiger partial charge < -0.3 is 10.4 Å². The third-order valence-corrected chi connectivity index (χ3v) is 4.25. The van der Waals surface area contributed by atoms with E-state index in [0.29, 0.717) is 6.54 Å². The van der Waals surface area contributed by atoms with Crippen molar-refractivity contribution >= 4 is 5.91 Å². The Hall–Kier alpha value is -1.50. The van der Waals surface area contributed by atoms with Gasteiger partial charge in [-0.2, -0.15) is 5.10 Å².